The maximum absolute atomic E-state index is 6.22. The van der Waals surface area contributed by atoms with Gasteiger partial charge in [-0.25, -0.2) is 9.97 Å². The fourth-order valence-electron chi connectivity index (χ4n) is 2.84. The topological polar surface area (TPSA) is 25.8 Å². The third-order valence-electron chi connectivity index (χ3n) is 3.99. The average Bonchev–Trinajstić information content (AvgIpc) is 2.46. The van der Waals surface area contributed by atoms with Gasteiger partial charge in [0.05, 0.1) is 0 Å². The Bertz CT molecular complexity index is 617. The van der Waals surface area contributed by atoms with E-state index in [-0.39, 0.29) is 0 Å². The molecule has 0 fully saturated rings. The van der Waals surface area contributed by atoms with Crippen molar-refractivity contribution in [1.29, 1.82) is 0 Å². The van der Waals surface area contributed by atoms with Crippen molar-refractivity contribution in [2.45, 2.75) is 38.5 Å². The second kappa shape index (κ2) is 5.71. The second-order valence-electron chi connectivity index (χ2n) is 5.20. The molecule has 0 bridgehead atoms. The molecule has 0 N–H and O–H groups in total. The molecule has 1 atom stereocenters. The number of nitrogens with zero attached hydrogens (tertiary/aromatic N) is 2. The molecule has 1 aromatic heterocycles. The molecule has 20 heavy (non-hydrogen) atoms. The Labute approximate surface area is 129 Å². The largest absolute Gasteiger partial charge is 0.221 e. The van der Waals surface area contributed by atoms with Crippen molar-refractivity contribution in [2.75, 3.05) is 0 Å². The van der Waals surface area contributed by atoms with Gasteiger partial charge in [0, 0.05) is 11.5 Å². The quantitative estimate of drug-likeness (QED) is 0.757. The SMILES string of the molecule is CCc1c(Cl)nc(C2CCc3ccccc3C2)nc1Cl. The van der Waals surface area contributed by atoms with Crippen LogP contribution in [0, 0.1) is 0 Å². The summed E-state index contributed by atoms with van der Waals surface area (Å²) in [4.78, 5) is 8.94. The number of hydrogen-bond acceptors (Lipinski definition) is 2. The highest BCUT2D eigenvalue weighted by molar-refractivity contribution is 6.34. The van der Waals surface area contributed by atoms with Gasteiger partial charge in [-0.15, -0.1) is 0 Å². The molecule has 0 saturated carbocycles. The van der Waals surface area contributed by atoms with Crippen LogP contribution in [0.5, 0.6) is 0 Å². The Kier molecular flexibility index (Phi) is 3.95. The minimum Gasteiger partial charge on any atom is -0.221 e. The first-order valence-electron chi connectivity index (χ1n) is 6.97. The molecule has 0 saturated heterocycles. The molecule has 104 valence electrons. The van der Waals surface area contributed by atoms with Crippen LogP contribution < -0.4 is 0 Å². The van der Waals surface area contributed by atoms with Crippen LogP contribution in [0.2, 0.25) is 10.3 Å². The molecule has 0 amide bonds. The van der Waals surface area contributed by atoms with E-state index >= 15 is 0 Å². The Balaban J connectivity index is 1.92. The van der Waals surface area contributed by atoms with E-state index in [9.17, 15) is 0 Å². The molecule has 1 heterocycles. The van der Waals surface area contributed by atoms with Crippen LogP contribution in [0.25, 0.3) is 0 Å². The monoisotopic (exact) mass is 306 g/mol. The van der Waals surface area contributed by atoms with E-state index in [0.717, 1.165) is 37.1 Å². The van der Waals surface area contributed by atoms with Crippen LogP contribution >= 0.6 is 23.2 Å². The van der Waals surface area contributed by atoms with Gasteiger partial charge in [-0.2, -0.15) is 0 Å². The molecule has 4 heteroatoms. The highest BCUT2D eigenvalue weighted by atomic mass is 35.5. The molecule has 0 radical (unpaired) electrons. The number of benzene rings is 1. The van der Waals surface area contributed by atoms with Crippen LogP contribution in [0.1, 0.15) is 41.8 Å². The van der Waals surface area contributed by atoms with E-state index in [1.165, 1.54) is 11.1 Å². The van der Waals surface area contributed by atoms with Crippen molar-refractivity contribution >= 4 is 23.2 Å². The maximum atomic E-state index is 6.22. The zero-order chi connectivity index (χ0) is 14.1. The highest BCUT2D eigenvalue weighted by Gasteiger charge is 2.23. The van der Waals surface area contributed by atoms with Crippen molar-refractivity contribution in [2.24, 2.45) is 0 Å². The summed E-state index contributed by atoms with van der Waals surface area (Å²) in [5, 5.41) is 1.00. The van der Waals surface area contributed by atoms with E-state index in [1.54, 1.807) is 0 Å². The summed E-state index contributed by atoms with van der Waals surface area (Å²) >= 11 is 12.4. The molecular formula is C16H16Cl2N2. The summed E-state index contributed by atoms with van der Waals surface area (Å²) in [6.45, 7) is 2.01. The van der Waals surface area contributed by atoms with Crippen LogP contribution in [-0.2, 0) is 19.3 Å². The van der Waals surface area contributed by atoms with Gasteiger partial charge in [0.15, 0.2) is 0 Å². The van der Waals surface area contributed by atoms with Crippen molar-refractivity contribution in [1.82, 2.24) is 9.97 Å². The molecule has 3 rings (SSSR count). The average molecular weight is 307 g/mol. The molecule has 0 aliphatic heterocycles. The smallest absolute Gasteiger partial charge is 0.137 e. The Hall–Kier alpha value is -1.12. The number of aromatic nitrogens is 2. The van der Waals surface area contributed by atoms with Crippen molar-refractivity contribution in [3.63, 3.8) is 0 Å². The summed E-state index contributed by atoms with van der Waals surface area (Å²) < 4.78 is 0. The number of halogens is 2. The lowest BCUT2D eigenvalue weighted by atomic mass is 9.83. The highest BCUT2D eigenvalue weighted by Crippen LogP contribution is 2.33. The fourth-order valence-corrected chi connectivity index (χ4v) is 3.51. The van der Waals surface area contributed by atoms with Gasteiger partial charge < -0.3 is 0 Å². The summed E-state index contributed by atoms with van der Waals surface area (Å²) in [5.74, 6) is 1.09. The fraction of sp³-hybridized carbons (Fsp3) is 0.375. The van der Waals surface area contributed by atoms with Crippen LogP contribution in [0.3, 0.4) is 0 Å². The molecule has 0 spiro atoms. The number of hydrogen-bond donors (Lipinski definition) is 0. The Morgan fingerprint density at radius 3 is 2.40 bits per heavy atom. The van der Waals surface area contributed by atoms with Gasteiger partial charge in [-0.3, -0.25) is 0 Å². The molecule has 2 aromatic rings. The van der Waals surface area contributed by atoms with E-state index in [1.807, 2.05) is 6.92 Å². The lowest BCUT2D eigenvalue weighted by Gasteiger charge is -2.23. The minimum atomic E-state index is 0.311. The molecular weight excluding hydrogens is 291 g/mol. The summed E-state index contributed by atoms with van der Waals surface area (Å²) in [7, 11) is 0. The third-order valence-corrected chi connectivity index (χ3v) is 4.61. The van der Waals surface area contributed by atoms with E-state index < -0.39 is 0 Å². The third kappa shape index (κ3) is 2.55. The minimum absolute atomic E-state index is 0.311. The van der Waals surface area contributed by atoms with Gasteiger partial charge >= 0.3 is 0 Å². The zero-order valence-corrected chi connectivity index (χ0v) is 12.9. The van der Waals surface area contributed by atoms with Crippen molar-refractivity contribution in [3.05, 3.63) is 57.1 Å². The maximum Gasteiger partial charge on any atom is 0.137 e. The van der Waals surface area contributed by atoms with Gasteiger partial charge in [0.25, 0.3) is 0 Å². The second-order valence-corrected chi connectivity index (χ2v) is 5.92. The van der Waals surface area contributed by atoms with Crippen molar-refractivity contribution < 1.29 is 0 Å². The molecule has 1 aliphatic rings. The zero-order valence-electron chi connectivity index (χ0n) is 11.4. The molecule has 2 nitrogen and oxygen atoms in total. The van der Waals surface area contributed by atoms with Gasteiger partial charge in [0.1, 0.15) is 16.1 Å². The van der Waals surface area contributed by atoms with Gasteiger partial charge in [0.2, 0.25) is 0 Å². The molecule has 1 aliphatic carbocycles. The van der Waals surface area contributed by atoms with E-state index in [4.69, 9.17) is 23.2 Å². The summed E-state index contributed by atoms with van der Waals surface area (Å²) in [6, 6.07) is 8.57. The van der Waals surface area contributed by atoms with Crippen LogP contribution in [0.15, 0.2) is 24.3 Å². The number of aryl methyl sites for hydroxylation is 1. The van der Waals surface area contributed by atoms with Gasteiger partial charge in [-0.05, 0) is 36.8 Å². The predicted octanol–water partition coefficient (Wildman–Crippen LogP) is 4.62. The van der Waals surface area contributed by atoms with Crippen molar-refractivity contribution in [3.8, 4) is 0 Å². The Morgan fingerprint density at radius 1 is 1.10 bits per heavy atom. The summed E-state index contributed by atoms with van der Waals surface area (Å²) in [6.07, 6.45) is 3.84. The number of fused-ring (bicyclic) bond motifs is 1. The lowest BCUT2D eigenvalue weighted by molar-refractivity contribution is 0.554. The Morgan fingerprint density at radius 2 is 1.75 bits per heavy atom. The molecule has 1 unspecified atom stereocenters. The van der Waals surface area contributed by atoms with Gasteiger partial charge in [-0.1, -0.05) is 54.4 Å². The predicted molar refractivity (Wildman–Crippen MR) is 82.6 cm³/mol. The van der Waals surface area contributed by atoms with E-state index in [2.05, 4.69) is 34.2 Å². The van der Waals surface area contributed by atoms with Crippen LogP contribution in [0.4, 0.5) is 0 Å². The standard InChI is InChI=1S/C16H16Cl2N2/c1-2-13-14(17)19-16(20-15(13)18)12-8-7-10-5-3-4-6-11(10)9-12/h3-6,12H,2,7-9H2,1H3. The number of rotatable bonds is 2. The summed E-state index contributed by atoms with van der Waals surface area (Å²) in [5.41, 5.74) is 3.67. The first-order valence-corrected chi connectivity index (χ1v) is 7.73. The van der Waals surface area contributed by atoms with E-state index in [0.29, 0.717) is 16.2 Å². The normalized spacial score (nSPS) is 17.9. The first kappa shape index (κ1) is 13.8. The van der Waals surface area contributed by atoms with Crippen LogP contribution in [-0.4, -0.2) is 9.97 Å². The molecule has 1 aromatic carbocycles. The lowest BCUT2D eigenvalue weighted by Crippen LogP contribution is -2.16. The first-order chi connectivity index (χ1) is 9.69.